The Morgan fingerprint density at radius 1 is 1.23 bits per heavy atom. The second-order valence-corrected chi connectivity index (χ2v) is 6.80. The maximum atomic E-state index is 10.9. The number of imidazole rings is 1. The summed E-state index contributed by atoms with van der Waals surface area (Å²) < 4.78 is 2.10. The molecule has 0 saturated heterocycles. The molecule has 1 aromatic carbocycles. The van der Waals surface area contributed by atoms with Gasteiger partial charge < -0.3 is 15.0 Å². The van der Waals surface area contributed by atoms with Gasteiger partial charge in [-0.25, -0.2) is 9.78 Å². The van der Waals surface area contributed by atoms with Gasteiger partial charge in [-0.2, -0.15) is 9.97 Å². The summed E-state index contributed by atoms with van der Waals surface area (Å²) >= 11 is 6.13. The highest BCUT2D eigenvalue weighted by Gasteiger charge is 2.21. The van der Waals surface area contributed by atoms with E-state index >= 15 is 0 Å². The Labute approximate surface area is 155 Å². The normalized spacial score (nSPS) is 14.8. The van der Waals surface area contributed by atoms with Gasteiger partial charge in [-0.15, -0.1) is 0 Å². The molecule has 26 heavy (non-hydrogen) atoms. The van der Waals surface area contributed by atoms with E-state index in [1.54, 1.807) is 24.3 Å². The molecule has 0 aliphatic heterocycles. The van der Waals surface area contributed by atoms with Crippen LogP contribution in [-0.4, -0.2) is 30.6 Å². The maximum Gasteiger partial charge on any atom is 0.335 e. The summed E-state index contributed by atoms with van der Waals surface area (Å²) in [5.41, 5.74) is 2.65. The topological polar surface area (TPSA) is 92.9 Å². The third-order valence-corrected chi connectivity index (χ3v) is 4.94. The minimum absolute atomic E-state index is 0.181. The number of nitrogens with zero attached hydrogens (tertiary/aromatic N) is 4. The van der Waals surface area contributed by atoms with E-state index in [1.807, 2.05) is 6.33 Å². The molecule has 0 bridgehead atoms. The lowest BCUT2D eigenvalue weighted by Gasteiger charge is -2.12. The lowest BCUT2D eigenvalue weighted by atomic mass is 10.1. The molecule has 0 atom stereocenters. The van der Waals surface area contributed by atoms with E-state index in [0.717, 1.165) is 24.1 Å². The minimum atomic E-state index is -0.939. The van der Waals surface area contributed by atoms with Gasteiger partial charge in [0.2, 0.25) is 5.28 Å². The smallest absolute Gasteiger partial charge is 0.335 e. The molecule has 0 spiro atoms. The summed E-state index contributed by atoms with van der Waals surface area (Å²) in [6.45, 7) is 0.485. The fraction of sp³-hybridized carbons (Fsp3) is 0.333. The molecule has 2 N–H and O–H groups in total. The summed E-state index contributed by atoms with van der Waals surface area (Å²) in [5, 5.41) is 12.4. The van der Waals surface area contributed by atoms with E-state index in [2.05, 4.69) is 24.8 Å². The van der Waals surface area contributed by atoms with Crippen LogP contribution in [0.25, 0.3) is 11.2 Å². The number of carboxylic acid groups (broad SMARTS) is 1. The predicted octanol–water partition coefficient (Wildman–Crippen LogP) is 3.91. The molecule has 134 valence electrons. The van der Waals surface area contributed by atoms with Gasteiger partial charge in [-0.3, -0.25) is 0 Å². The highest BCUT2D eigenvalue weighted by molar-refractivity contribution is 6.28. The molecule has 1 aliphatic rings. The van der Waals surface area contributed by atoms with E-state index in [1.165, 1.54) is 12.8 Å². The van der Waals surface area contributed by atoms with Crippen LogP contribution < -0.4 is 5.32 Å². The monoisotopic (exact) mass is 371 g/mol. The highest BCUT2D eigenvalue weighted by Crippen LogP contribution is 2.33. The Balaban J connectivity index is 1.59. The third kappa shape index (κ3) is 3.22. The van der Waals surface area contributed by atoms with Crippen molar-refractivity contribution in [1.82, 2.24) is 19.5 Å². The van der Waals surface area contributed by atoms with Crippen LogP contribution in [0.4, 0.5) is 5.82 Å². The number of carboxylic acids is 1. The second-order valence-electron chi connectivity index (χ2n) is 6.46. The third-order valence-electron chi connectivity index (χ3n) is 4.77. The van der Waals surface area contributed by atoms with Gasteiger partial charge in [0.15, 0.2) is 17.0 Å². The fourth-order valence-electron chi connectivity index (χ4n) is 3.41. The van der Waals surface area contributed by atoms with Crippen molar-refractivity contribution in [3.8, 4) is 0 Å². The molecule has 0 amide bonds. The first kappa shape index (κ1) is 16.8. The number of aromatic nitrogens is 4. The Hall–Kier alpha value is -2.67. The van der Waals surface area contributed by atoms with E-state index < -0.39 is 5.97 Å². The summed E-state index contributed by atoms with van der Waals surface area (Å²) in [7, 11) is 0. The number of anilines is 1. The Bertz CT molecular complexity index is 948. The number of carbonyl (C=O) groups is 1. The van der Waals surface area contributed by atoms with Crippen molar-refractivity contribution >= 4 is 34.6 Å². The van der Waals surface area contributed by atoms with Gasteiger partial charge in [0.05, 0.1) is 11.9 Å². The Morgan fingerprint density at radius 3 is 2.65 bits per heavy atom. The molecule has 3 aromatic rings. The first-order valence-corrected chi connectivity index (χ1v) is 8.96. The molecule has 7 nitrogen and oxygen atoms in total. The minimum Gasteiger partial charge on any atom is -0.478 e. The molecule has 8 heteroatoms. The van der Waals surface area contributed by atoms with Crippen LogP contribution >= 0.6 is 11.6 Å². The molecule has 2 heterocycles. The average molecular weight is 372 g/mol. The van der Waals surface area contributed by atoms with Gasteiger partial charge in [0.1, 0.15) is 0 Å². The van der Waals surface area contributed by atoms with Gasteiger partial charge in [-0.05, 0) is 42.1 Å². The first-order chi connectivity index (χ1) is 12.6. The van der Waals surface area contributed by atoms with E-state index in [0.29, 0.717) is 23.9 Å². The quantitative estimate of drug-likeness (QED) is 0.660. The number of nitrogens with one attached hydrogen (secondary N) is 1. The lowest BCUT2D eigenvalue weighted by Crippen LogP contribution is -2.07. The zero-order valence-corrected chi connectivity index (χ0v) is 14.8. The van der Waals surface area contributed by atoms with Crippen molar-refractivity contribution in [2.45, 2.75) is 38.3 Å². The van der Waals surface area contributed by atoms with Gasteiger partial charge in [-0.1, -0.05) is 25.0 Å². The molecule has 4 rings (SSSR count). The summed E-state index contributed by atoms with van der Waals surface area (Å²) in [6.07, 6.45) is 6.53. The predicted molar refractivity (Wildman–Crippen MR) is 98.6 cm³/mol. The van der Waals surface area contributed by atoms with E-state index in [9.17, 15) is 4.79 Å². The van der Waals surface area contributed by atoms with Crippen LogP contribution in [0.5, 0.6) is 0 Å². The van der Waals surface area contributed by atoms with Crippen molar-refractivity contribution in [3.63, 3.8) is 0 Å². The number of fused-ring (bicyclic) bond motifs is 1. The van der Waals surface area contributed by atoms with Crippen LogP contribution in [0.15, 0.2) is 30.6 Å². The lowest BCUT2D eigenvalue weighted by molar-refractivity contribution is 0.0697. The fourth-order valence-corrected chi connectivity index (χ4v) is 3.58. The number of hydrogen-bond donors (Lipinski definition) is 2. The first-order valence-electron chi connectivity index (χ1n) is 8.58. The molecule has 1 aliphatic carbocycles. The van der Waals surface area contributed by atoms with Crippen molar-refractivity contribution in [1.29, 1.82) is 0 Å². The number of halogens is 1. The largest absolute Gasteiger partial charge is 0.478 e. The molecule has 2 aromatic heterocycles. The second kappa shape index (κ2) is 6.92. The van der Waals surface area contributed by atoms with Crippen LogP contribution in [0.2, 0.25) is 5.28 Å². The van der Waals surface area contributed by atoms with Crippen LogP contribution in [0.1, 0.15) is 47.6 Å². The Morgan fingerprint density at radius 2 is 1.96 bits per heavy atom. The van der Waals surface area contributed by atoms with Crippen molar-refractivity contribution in [2.24, 2.45) is 0 Å². The zero-order chi connectivity index (χ0) is 18.1. The summed E-state index contributed by atoms with van der Waals surface area (Å²) in [4.78, 5) is 24.1. The highest BCUT2D eigenvalue weighted by atomic mass is 35.5. The molecule has 0 radical (unpaired) electrons. The van der Waals surface area contributed by atoms with Gasteiger partial charge >= 0.3 is 5.97 Å². The van der Waals surface area contributed by atoms with E-state index in [4.69, 9.17) is 16.7 Å². The molecular formula is C18H18ClN5O2. The van der Waals surface area contributed by atoms with Gasteiger partial charge in [0, 0.05) is 12.6 Å². The van der Waals surface area contributed by atoms with Crippen molar-refractivity contribution in [2.75, 3.05) is 5.32 Å². The zero-order valence-electron chi connectivity index (χ0n) is 14.0. The number of aromatic carboxylic acids is 1. The van der Waals surface area contributed by atoms with E-state index in [-0.39, 0.29) is 10.8 Å². The number of rotatable bonds is 5. The van der Waals surface area contributed by atoms with Crippen LogP contribution in [0.3, 0.4) is 0 Å². The van der Waals surface area contributed by atoms with Gasteiger partial charge in [0.25, 0.3) is 0 Å². The summed E-state index contributed by atoms with van der Waals surface area (Å²) in [6, 6.07) is 7.12. The molecule has 1 fully saturated rings. The molecule has 1 saturated carbocycles. The summed E-state index contributed by atoms with van der Waals surface area (Å²) in [5.74, 6) is -0.356. The molecule has 0 unspecified atom stereocenters. The van der Waals surface area contributed by atoms with Crippen molar-refractivity contribution in [3.05, 3.63) is 47.0 Å². The Kier molecular flexibility index (Phi) is 4.46. The number of benzene rings is 1. The van der Waals surface area contributed by atoms with Crippen LogP contribution in [-0.2, 0) is 6.54 Å². The van der Waals surface area contributed by atoms with Crippen LogP contribution in [0, 0.1) is 0 Å². The number of hydrogen-bond acceptors (Lipinski definition) is 5. The average Bonchev–Trinajstić information content (AvgIpc) is 3.29. The SMILES string of the molecule is O=C(O)c1ccc(CNc2nc(Cl)nc3c2ncn3C2CCCC2)cc1. The van der Waals surface area contributed by atoms with Crippen molar-refractivity contribution < 1.29 is 9.90 Å². The molecular weight excluding hydrogens is 354 g/mol. The standard InChI is InChI=1S/C18H18ClN5O2/c19-18-22-15(20-9-11-5-7-12(8-6-11)17(25)26)14-16(23-18)24(10-21-14)13-3-1-2-4-13/h5-8,10,13H,1-4,9H2,(H,25,26)(H,20,22,23). The maximum absolute atomic E-state index is 10.9.